The molecule has 0 aromatic heterocycles. The van der Waals surface area contributed by atoms with Gasteiger partial charge in [-0.05, 0) is 31.8 Å². The van der Waals surface area contributed by atoms with Crippen LogP contribution < -0.4 is 5.32 Å². The number of carbonyl (C=O) groups excluding carboxylic acids is 1. The summed E-state index contributed by atoms with van der Waals surface area (Å²) in [6.45, 7) is 7.15. The summed E-state index contributed by atoms with van der Waals surface area (Å²) in [6, 6.07) is 0.533. The Morgan fingerprint density at radius 1 is 1.43 bits per heavy atom. The fraction of sp³-hybridized carbons (Fsp3) is 0.909. The van der Waals surface area contributed by atoms with Gasteiger partial charge >= 0.3 is 0 Å². The van der Waals surface area contributed by atoms with Crippen molar-refractivity contribution in [2.24, 2.45) is 11.8 Å². The van der Waals surface area contributed by atoms with Crippen molar-refractivity contribution in [3.63, 3.8) is 0 Å². The van der Waals surface area contributed by atoms with E-state index in [0.717, 1.165) is 26.1 Å². The molecular formula is C11H20N2O. The molecule has 2 aliphatic heterocycles. The molecule has 2 saturated heterocycles. The van der Waals surface area contributed by atoms with Gasteiger partial charge in [-0.2, -0.15) is 0 Å². The van der Waals surface area contributed by atoms with Gasteiger partial charge in [0.1, 0.15) is 0 Å². The smallest absolute Gasteiger partial charge is 0.225 e. The average molecular weight is 196 g/mol. The van der Waals surface area contributed by atoms with Gasteiger partial charge in [-0.25, -0.2) is 0 Å². The first-order valence-corrected chi connectivity index (χ1v) is 5.71. The third-order valence-electron chi connectivity index (χ3n) is 3.49. The van der Waals surface area contributed by atoms with E-state index in [4.69, 9.17) is 0 Å². The van der Waals surface area contributed by atoms with Crippen molar-refractivity contribution in [3.8, 4) is 0 Å². The van der Waals surface area contributed by atoms with Gasteiger partial charge in [-0.3, -0.25) is 4.79 Å². The van der Waals surface area contributed by atoms with Crippen LogP contribution in [-0.2, 0) is 4.79 Å². The lowest BCUT2D eigenvalue weighted by Gasteiger charge is -2.33. The van der Waals surface area contributed by atoms with Gasteiger partial charge in [0.15, 0.2) is 0 Å². The van der Waals surface area contributed by atoms with E-state index in [1.54, 1.807) is 0 Å². The molecule has 0 unspecified atom stereocenters. The molecule has 3 heteroatoms. The first-order valence-electron chi connectivity index (χ1n) is 5.71. The van der Waals surface area contributed by atoms with Crippen molar-refractivity contribution in [1.82, 2.24) is 10.2 Å². The van der Waals surface area contributed by atoms with Crippen LogP contribution >= 0.6 is 0 Å². The fourth-order valence-electron chi connectivity index (χ4n) is 2.69. The van der Waals surface area contributed by atoms with Gasteiger partial charge in [0.05, 0.1) is 0 Å². The molecule has 1 N–H and O–H groups in total. The molecule has 2 rings (SSSR count). The molecule has 0 radical (unpaired) electrons. The highest BCUT2D eigenvalue weighted by Crippen LogP contribution is 2.29. The zero-order chi connectivity index (χ0) is 10.1. The maximum Gasteiger partial charge on any atom is 0.225 e. The topological polar surface area (TPSA) is 32.3 Å². The van der Waals surface area contributed by atoms with Crippen LogP contribution in [-0.4, -0.2) is 36.5 Å². The van der Waals surface area contributed by atoms with Crippen molar-refractivity contribution < 1.29 is 4.79 Å². The highest BCUT2D eigenvalue weighted by Gasteiger charge is 2.38. The summed E-state index contributed by atoms with van der Waals surface area (Å²) in [7, 11) is 0. The van der Waals surface area contributed by atoms with Crippen molar-refractivity contribution in [2.75, 3.05) is 19.6 Å². The second kappa shape index (κ2) is 3.89. The first-order chi connectivity index (χ1) is 6.70. The van der Waals surface area contributed by atoms with Crippen molar-refractivity contribution in [1.29, 1.82) is 0 Å². The number of piperidine rings is 1. The molecule has 2 atom stereocenters. The van der Waals surface area contributed by atoms with Crippen LogP contribution in [0.15, 0.2) is 0 Å². The Morgan fingerprint density at radius 2 is 2.21 bits per heavy atom. The Hall–Kier alpha value is -0.570. The summed E-state index contributed by atoms with van der Waals surface area (Å²) < 4.78 is 0. The van der Waals surface area contributed by atoms with Crippen LogP contribution in [0.3, 0.4) is 0 Å². The minimum Gasteiger partial charge on any atom is -0.339 e. The van der Waals surface area contributed by atoms with Gasteiger partial charge in [0.25, 0.3) is 0 Å². The van der Waals surface area contributed by atoms with E-state index in [2.05, 4.69) is 10.2 Å². The minimum absolute atomic E-state index is 0.156. The van der Waals surface area contributed by atoms with E-state index in [9.17, 15) is 4.79 Å². The third kappa shape index (κ3) is 1.65. The Kier molecular flexibility index (Phi) is 2.77. The molecule has 2 heterocycles. The number of hydrogen-bond acceptors (Lipinski definition) is 2. The maximum absolute atomic E-state index is 11.9. The zero-order valence-corrected chi connectivity index (χ0v) is 9.12. The summed E-state index contributed by atoms with van der Waals surface area (Å²) in [4.78, 5) is 14.0. The van der Waals surface area contributed by atoms with E-state index < -0.39 is 0 Å². The van der Waals surface area contributed by atoms with Crippen molar-refractivity contribution in [3.05, 3.63) is 0 Å². The molecule has 14 heavy (non-hydrogen) atoms. The average Bonchev–Trinajstić information content (AvgIpc) is 2.60. The molecule has 0 spiro atoms. The van der Waals surface area contributed by atoms with Gasteiger partial charge in [0.2, 0.25) is 5.91 Å². The first kappa shape index (κ1) is 9.97. The number of rotatable bonds is 1. The molecule has 0 aromatic carbocycles. The number of amides is 1. The van der Waals surface area contributed by atoms with Gasteiger partial charge in [-0.1, -0.05) is 13.8 Å². The summed E-state index contributed by atoms with van der Waals surface area (Å²) in [5, 5.41) is 3.41. The molecular weight excluding hydrogens is 176 g/mol. The molecule has 80 valence electrons. The van der Waals surface area contributed by atoms with E-state index >= 15 is 0 Å². The largest absolute Gasteiger partial charge is 0.339 e. The summed E-state index contributed by atoms with van der Waals surface area (Å²) in [5.41, 5.74) is 0. The van der Waals surface area contributed by atoms with Crippen molar-refractivity contribution >= 4 is 5.91 Å². The summed E-state index contributed by atoms with van der Waals surface area (Å²) in [6.07, 6.45) is 2.33. The van der Waals surface area contributed by atoms with E-state index in [1.165, 1.54) is 6.42 Å². The second-order valence-corrected chi connectivity index (χ2v) is 4.80. The normalized spacial score (nSPS) is 32.1. The van der Waals surface area contributed by atoms with Crippen molar-refractivity contribution in [2.45, 2.75) is 32.7 Å². The Morgan fingerprint density at radius 3 is 2.93 bits per heavy atom. The number of nitrogens with zero attached hydrogens (tertiary/aromatic N) is 1. The summed E-state index contributed by atoms with van der Waals surface area (Å²) in [5.74, 6) is 1.22. The van der Waals surface area contributed by atoms with E-state index in [-0.39, 0.29) is 5.92 Å². The van der Waals surface area contributed by atoms with Crippen LogP contribution in [0.5, 0.6) is 0 Å². The van der Waals surface area contributed by atoms with Crippen LogP contribution in [0.25, 0.3) is 0 Å². The van der Waals surface area contributed by atoms with Crippen LogP contribution in [0.4, 0.5) is 0 Å². The highest BCUT2D eigenvalue weighted by molar-refractivity contribution is 5.78. The molecule has 2 fully saturated rings. The van der Waals surface area contributed by atoms with Gasteiger partial charge in [-0.15, -0.1) is 0 Å². The second-order valence-electron chi connectivity index (χ2n) is 4.80. The maximum atomic E-state index is 11.9. The predicted octanol–water partition coefficient (Wildman–Crippen LogP) is 0.853. The Balaban J connectivity index is 2.03. The molecule has 1 amide bonds. The summed E-state index contributed by atoms with van der Waals surface area (Å²) >= 11 is 0. The fourth-order valence-corrected chi connectivity index (χ4v) is 2.69. The van der Waals surface area contributed by atoms with Gasteiger partial charge in [0, 0.05) is 18.5 Å². The standard InChI is InChI=1S/C11H20N2O/c1-8(2)11(14)13-6-4-9-7-12-5-3-10(9)13/h8-10,12H,3-7H2,1-2H3/t9-,10-/m1/s1. The molecule has 0 aliphatic carbocycles. The number of carbonyl (C=O) groups is 1. The van der Waals surface area contributed by atoms with E-state index in [0.29, 0.717) is 17.9 Å². The predicted molar refractivity (Wildman–Crippen MR) is 55.9 cm³/mol. The molecule has 0 aromatic rings. The number of fused-ring (bicyclic) bond motifs is 1. The SMILES string of the molecule is CC(C)C(=O)N1CC[C@@H]2CNCC[C@H]21. The molecule has 0 saturated carbocycles. The third-order valence-corrected chi connectivity index (χ3v) is 3.49. The molecule has 3 nitrogen and oxygen atoms in total. The lowest BCUT2D eigenvalue weighted by molar-refractivity contribution is -0.135. The monoisotopic (exact) mass is 196 g/mol. The minimum atomic E-state index is 0.156. The van der Waals surface area contributed by atoms with Crippen LogP contribution in [0.1, 0.15) is 26.7 Å². The van der Waals surface area contributed by atoms with Crippen LogP contribution in [0, 0.1) is 11.8 Å². The lowest BCUT2D eigenvalue weighted by atomic mass is 9.94. The Labute approximate surface area is 85.8 Å². The lowest BCUT2D eigenvalue weighted by Crippen LogP contribution is -2.46. The Bertz CT molecular complexity index is 227. The number of hydrogen-bond donors (Lipinski definition) is 1. The number of nitrogens with one attached hydrogen (secondary N) is 1. The van der Waals surface area contributed by atoms with Crippen LogP contribution in [0.2, 0.25) is 0 Å². The highest BCUT2D eigenvalue weighted by atomic mass is 16.2. The quantitative estimate of drug-likeness (QED) is 0.674. The molecule has 2 aliphatic rings. The molecule has 0 bridgehead atoms. The zero-order valence-electron chi connectivity index (χ0n) is 9.12. The van der Waals surface area contributed by atoms with Gasteiger partial charge < -0.3 is 10.2 Å². The number of likely N-dealkylation sites (tertiary alicyclic amines) is 1. The van der Waals surface area contributed by atoms with E-state index in [1.807, 2.05) is 13.8 Å².